The van der Waals surface area contributed by atoms with Crippen LogP contribution in [-0.4, -0.2) is 42.1 Å². The van der Waals surface area contributed by atoms with Crippen molar-refractivity contribution in [1.82, 2.24) is 15.3 Å². The number of carbonyl (C=O) groups is 1. The summed E-state index contributed by atoms with van der Waals surface area (Å²) in [4.78, 5) is 22.8. The zero-order valence-corrected chi connectivity index (χ0v) is 12.4. The predicted octanol–water partition coefficient (Wildman–Crippen LogP) is 1.37. The van der Waals surface area contributed by atoms with Gasteiger partial charge in [0.15, 0.2) is 5.75 Å². The van der Waals surface area contributed by atoms with Crippen molar-refractivity contribution in [2.75, 3.05) is 25.1 Å². The number of amides is 1. The van der Waals surface area contributed by atoms with Gasteiger partial charge in [-0.3, -0.25) is 4.79 Å². The van der Waals surface area contributed by atoms with Crippen molar-refractivity contribution < 1.29 is 9.53 Å². The number of hydrogen-bond acceptors (Lipinski definition) is 5. The van der Waals surface area contributed by atoms with Gasteiger partial charge >= 0.3 is 0 Å². The molecule has 2 fully saturated rings. The van der Waals surface area contributed by atoms with Gasteiger partial charge in [-0.05, 0) is 25.7 Å². The Kier molecular flexibility index (Phi) is 4.22. The van der Waals surface area contributed by atoms with Crippen LogP contribution >= 0.6 is 0 Å². The fraction of sp³-hybridized carbons (Fsp3) is 0.667. The molecule has 1 aliphatic heterocycles. The van der Waals surface area contributed by atoms with E-state index in [0.717, 1.165) is 38.8 Å². The van der Waals surface area contributed by atoms with E-state index in [4.69, 9.17) is 4.74 Å². The number of hydrogen-bond donors (Lipinski definition) is 1. The average Bonchev–Trinajstić information content (AvgIpc) is 2.46. The van der Waals surface area contributed by atoms with E-state index in [1.165, 1.54) is 6.42 Å². The van der Waals surface area contributed by atoms with Gasteiger partial charge < -0.3 is 15.0 Å². The van der Waals surface area contributed by atoms with Crippen molar-refractivity contribution in [2.24, 2.45) is 5.92 Å². The molecule has 0 spiro atoms. The van der Waals surface area contributed by atoms with Gasteiger partial charge in [0.25, 0.3) is 0 Å². The van der Waals surface area contributed by atoms with Gasteiger partial charge in [-0.1, -0.05) is 6.42 Å². The first-order valence-corrected chi connectivity index (χ1v) is 7.67. The van der Waals surface area contributed by atoms with Crippen LogP contribution in [0.5, 0.6) is 5.75 Å². The Morgan fingerprint density at radius 3 is 2.67 bits per heavy atom. The fourth-order valence-corrected chi connectivity index (χ4v) is 2.84. The molecular formula is C15H22N4O2. The molecule has 2 aliphatic rings. The first kappa shape index (κ1) is 14.1. The molecular weight excluding hydrogens is 268 g/mol. The molecule has 1 N–H and O–H groups in total. The molecule has 0 radical (unpaired) electrons. The van der Waals surface area contributed by atoms with Crippen molar-refractivity contribution in [1.29, 1.82) is 0 Å². The van der Waals surface area contributed by atoms with E-state index in [-0.39, 0.29) is 17.9 Å². The molecule has 6 heteroatoms. The van der Waals surface area contributed by atoms with Crippen LogP contribution in [0.15, 0.2) is 12.4 Å². The number of nitrogens with one attached hydrogen (secondary N) is 1. The Morgan fingerprint density at radius 2 is 2.05 bits per heavy atom. The highest BCUT2D eigenvalue weighted by Gasteiger charge is 2.29. The summed E-state index contributed by atoms with van der Waals surface area (Å²) in [5.74, 6) is 1.84. The lowest BCUT2D eigenvalue weighted by molar-refractivity contribution is -0.128. The second-order valence-electron chi connectivity index (χ2n) is 5.84. The zero-order chi connectivity index (χ0) is 14.7. The third-order valence-electron chi connectivity index (χ3n) is 4.38. The molecule has 1 saturated heterocycles. The van der Waals surface area contributed by atoms with Crippen molar-refractivity contribution in [3.8, 4) is 5.75 Å². The van der Waals surface area contributed by atoms with E-state index < -0.39 is 0 Å². The van der Waals surface area contributed by atoms with E-state index in [2.05, 4.69) is 20.2 Å². The second-order valence-corrected chi connectivity index (χ2v) is 5.84. The molecule has 21 heavy (non-hydrogen) atoms. The zero-order valence-electron chi connectivity index (χ0n) is 12.4. The highest BCUT2D eigenvalue weighted by molar-refractivity contribution is 5.79. The van der Waals surface area contributed by atoms with Gasteiger partial charge in [-0.25, -0.2) is 9.97 Å². The van der Waals surface area contributed by atoms with E-state index in [0.29, 0.717) is 11.7 Å². The largest absolute Gasteiger partial charge is 0.494 e. The van der Waals surface area contributed by atoms with Crippen LogP contribution in [0.2, 0.25) is 0 Å². The quantitative estimate of drug-likeness (QED) is 0.907. The van der Waals surface area contributed by atoms with Crippen LogP contribution in [0, 0.1) is 5.92 Å². The predicted molar refractivity (Wildman–Crippen MR) is 79.3 cm³/mol. The third kappa shape index (κ3) is 3.25. The number of aromatic nitrogens is 2. The molecule has 1 atom stereocenters. The summed E-state index contributed by atoms with van der Waals surface area (Å²) >= 11 is 0. The lowest BCUT2D eigenvalue weighted by atomic mass is 9.84. The summed E-state index contributed by atoms with van der Waals surface area (Å²) in [5, 5.41) is 3.18. The number of methoxy groups -OCH3 is 1. The molecule has 1 aromatic rings. The minimum Gasteiger partial charge on any atom is -0.494 e. The number of nitrogens with zero attached hydrogens (tertiary/aromatic N) is 3. The molecule has 1 aromatic heterocycles. The van der Waals surface area contributed by atoms with E-state index in [1.807, 2.05) is 0 Å². The Bertz CT molecular complexity index is 487. The van der Waals surface area contributed by atoms with Crippen molar-refractivity contribution in [3.63, 3.8) is 0 Å². The lowest BCUT2D eigenvalue weighted by Gasteiger charge is -2.34. The summed E-state index contributed by atoms with van der Waals surface area (Å²) < 4.78 is 5.07. The normalized spacial score (nSPS) is 22.5. The maximum atomic E-state index is 12.0. The number of anilines is 1. The molecule has 1 saturated carbocycles. The molecule has 0 aromatic carbocycles. The monoisotopic (exact) mass is 290 g/mol. The maximum Gasteiger partial charge on any atom is 0.225 e. The van der Waals surface area contributed by atoms with Gasteiger partial charge in [-0.15, -0.1) is 0 Å². The summed E-state index contributed by atoms with van der Waals surface area (Å²) in [5.41, 5.74) is 0. The van der Waals surface area contributed by atoms with Gasteiger partial charge in [0.05, 0.1) is 19.5 Å². The van der Waals surface area contributed by atoms with E-state index in [1.54, 1.807) is 19.5 Å². The van der Waals surface area contributed by atoms with Crippen LogP contribution in [-0.2, 0) is 4.79 Å². The fourth-order valence-electron chi connectivity index (χ4n) is 2.84. The Hall–Kier alpha value is -1.85. The highest BCUT2D eigenvalue weighted by atomic mass is 16.5. The lowest BCUT2D eigenvalue weighted by Crippen LogP contribution is -2.50. The second kappa shape index (κ2) is 6.28. The minimum atomic E-state index is 0.206. The summed E-state index contributed by atoms with van der Waals surface area (Å²) in [6.07, 6.45) is 8.72. The van der Waals surface area contributed by atoms with Crippen molar-refractivity contribution in [3.05, 3.63) is 12.4 Å². The Balaban J connectivity index is 1.57. The first-order valence-electron chi connectivity index (χ1n) is 7.67. The van der Waals surface area contributed by atoms with E-state index >= 15 is 0 Å². The molecule has 1 amide bonds. The molecule has 1 unspecified atom stereocenters. The first-order chi connectivity index (χ1) is 10.3. The number of rotatable bonds is 4. The number of carbonyl (C=O) groups excluding carboxylic acids is 1. The summed E-state index contributed by atoms with van der Waals surface area (Å²) in [6, 6.07) is 0.206. The van der Waals surface area contributed by atoms with Gasteiger partial charge in [0, 0.05) is 25.0 Å². The van der Waals surface area contributed by atoms with Gasteiger partial charge in [0.1, 0.15) is 0 Å². The average molecular weight is 290 g/mol. The Labute approximate surface area is 124 Å². The molecule has 114 valence electrons. The summed E-state index contributed by atoms with van der Waals surface area (Å²) in [7, 11) is 1.60. The van der Waals surface area contributed by atoms with Crippen LogP contribution in [0.25, 0.3) is 0 Å². The molecule has 1 aliphatic carbocycles. The third-order valence-corrected chi connectivity index (χ3v) is 4.38. The molecule has 2 heterocycles. The van der Waals surface area contributed by atoms with Crippen LogP contribution in [0.1, 0.15) is 32.1 Å². The topological polar surface area (TPSA) is 67.3 Å². The van der Waals surface area contributed by atoms with Crippen LogP contribution in [0.3, 0.4) is 0 Å². The molecule has 6 nitrogen and oxygen atoms in total. The SMILES string of the molecule is COc1cnc(N2CCCC(NC(=O)C3CCC3)C2)nc1. The van der Waals surface area contributed by atoms with Crippen LogP contribution < -0.4 is 15.0 Å². The smallest absolute Gasteiger partial charge is 0.225 e. The standard InChI is InChI=1S/C15H22N4O2/c1-21-13-8-16-15(17-9-13)19-7-3-6-12(10-19)18-14(20)11-4-2-5-11/h8-9,11-12H,2-7,10H2,1H3,(H,18,20). The molecule has 0 bridgehead atoms. The van der Waals surface area contributed by atoms with Crippen molar-refractivity contribution >= 4 is 11.9 Å². The minimum absolute atomic E-state index is 0.206. The van der Waals surface area contributed by atoms with E-state index in [9.17, 15) is 4.79 Å². The number of ether oxygens (including phenoxy) is 1. The number of piperidine rings is 1. The highest BCUT2D eigenvalue weighted by Crippen LogP contribution is 2.27. The van der Waals surface area contributed by atoms with Crippen LogP contribution in [0.4, 0.5) is 5.95 Å². The van der Waals surface area contributed by atoms with Gasteiger partial charge in [0.2, 0.25) is 11.9 Å². The summed E-state index contributed by atoms with van der Waals surface area (Å²) in [6.45, 7) is 1.72. The Morgan fingerprint density at radius 1 is 1.29 bits per heavy atom. The molecule has 3 rings (SSSR count). The van der Waals surface area contributed by atoms with Gasteiger partial charge in [-0.2, -0.15) is 0 Å². The van der Waals surface area contributed by atoms with Crippen molar-refractivity contribution in [2.45, 2.75) is 38.1 Å². The maximum absolute atomic E-state index is 12.0.